The summed E-state index contributed by atoms with van der Waals surface area (Å²) < 4.78 is 28.1. The molecular formula is C11H20N2O3S. The molecule has 98 valence electrons. The van der Waals surface area contributed by atoms with Crippen LogP contribution >= 0.6 is 0 Å². The molecule has 0 aromatic carbocycles. The fourth-order valence-electron chi connectivity index (χ4n) is 1.27. The number of nitrogens with zero attached hydrogens (tertiary/aromatic N) is 1. The van der Waals surface area contributed by atoms with Gasteiger partial charge in [-0.3, -0.25) is 0 Å². The van der Waals surface area contributed by atoms with E-state index in [1.54, 1.807) is 6.92 Å². The highest BCUT2D eigenvalue weighted by Gasteiger charge is 2.21. The summed E-state index contributed by atoms with van der Waals surface area (Å²) in [7, 11) is -3.13. The molecule has 0 aliphatic heterocycles. The molecule has 0 saturated carbocycles. The van der Waals surface area contributed by atoms with Crippen molar-refractivity contribution in [3.8, 4) is 0 Å². The van der Waals surface area contributed by atoms with E-state index in [9.17, 15) is 8.42 Å². The smallest absolute Gasteiger partial charge is 0.208 e. The molecule has 1 atom stereocenters. The van der Waals surface area contributed by atoms with Gasteiger partial charge in [-0.15, -0.1) is 0 Å². The Morgan fingerprint density at radius 2 is 2.06 bits per heavy atom. The monoisotopic (exact) mass is 260 g/mol. The van der Waals surface area contributed by atoms with E-state index in [0.29, 0.717) is 24.1 Å². The van der Waals surface area contributed by atoms with Crippen LogP contribution in [-0.4, -0.2) is 26.2 Å². The van der Waals surface area contributed by atoms with Crippen molar-refractivity contribution in [2.45, 2.75) is 32.6 Å². The topological polar surface area (TPSA) is 72.2 Å². The maximum atomic E-state index is 11.3. The van der Waals surface area contributed by atoms with E-state index in [1.807, 2.05) is 0 Å². The Balaban J connectivity index is 2.60. The first kappa shape index (κ1) is 14.2. The first-order valence-corrected chi connectivity index (χ1v) is 7.60. The van der Waals surface area contributed by atoms with Gasteiger partial charge in [0.2, 0.25) is 5.89 Å². The highest BCUT2D eigenvalue weighted by atomic mass is 32.2. The second-order valence-corrected chi connectivity index (χ2v) is 7.02. The number of oxazole rings is 1. The van der Waals surface area contributed by atoms with E-state index in [4.69, 9.17) is 4.42 Å². The first-order valence-electron chi connectivity index (χ1n) is 5.65. The maximum absolute atomic E-state index is 11.3. The van der Waals surface area contributed by atoms with Crippen LogP contribution in [0.5, 0.6) is 0 Å². The van der Waals surface area contributed by atoms with Crippen molar-refractivity contribution in [2.75, 3.05) is 12.8 Å². The molecule has 5 nitrogen and oxygen atoms in total. The average Bonchev–Trinajstić information content (AvgIpc) is 2.63. The minimum atomic E-state index is -3.13. The third kappa shape index (κ3) is 4.47. The molecule has 1 aromatic rings. The molecule has 0 aliphatic rings. The van der Waals surface area contributed by atoms with E-state index in [-0.39, 0.29) is 0 Å². The van der Waals surface area contributed by atoms with E-state index in [2.05, 4.69) is 24.1 Å². The molecule has 17 heavy (non-hydrogen) atoms. The van der Waals surface area contributed by atoms with Crippen LogP contribution in [-0.2, 0) is 16.4 Å². The lowest BCUT2D eigenvalue weighted by molar-refractivity contribution is 0.424. The van der Waals surface area contributed by atoms with Gasteiger partial charge in [-0.25, -0.2) is 13.4 Å². The van der Waals surface area contributed by atoms with Gasteiger partial charge in [0.25, 0.3) is 0 Å². The van der Waals surface area contributed by atoms with Gasteiger partial charge in [0.1, 0.15) is 11.0 Å². The number of nitrogens with one attached hydrogen (secondary N) is 1. The zero-order valence-electron chi connectivity index (χ0n) is 10.7. The quantitative estimate of drug-likeness (QED) is 0.839. The molecule has 0 bridgehead atoms. The Morgan fingerprint density at radius 1 is 1.41 bits per heavy atom. The summed E-state index contributed by atoms with van der Waals surface area (Å²) in [5, 5.41) is 2.54. The van der Waals surface area contributed by atoms with Gasteiger partial charge in [-0.05, 0) is 19.4 Å². The Morgan fingerprint density at radius 3 is 2.59 bits per heavy atom. The van der Waals surface area contributed by atoms with E-state index in [0.717, 1.165) is 6.54 Å². The molecule has 0 spiro atoms. The van der Waals surface area contributed by atoms with Gasteiger partial charge in [-0.1, -0.05) is 13.8 Å². The molecule has 1 unspecified atom stereocenters. The van der Waals surface area contributed by atoms with Crippen molar-refractivity contribution >= 4 is 9.84 Å². The van der Waals surface area contributed by atoms with Gasteiger partial charge in [0, 0.05) is 6.26 Å². The average molecular weight is 260 g/mol. The summed E-state index contributed by atoms with van der Waals surface area (Å²) in [5.41, 5.74) is 0. The summed E-state index contributed by atoms with van der Waals surface area (Å²) in [6.07, 6.45) is 2.68. The van der Waals surface area contributed by atoms with E-state index in [1.165, 1.54) is 12.5 Å². The van der Waals surface area contributed by atoms with Crippen LogP contribution in [0.2, 0.25) is 0 Å². The maximum Gasteiger partial charge on any atom is 0.208 e. The predicted octanol–water partition coefficient (Wildman–Crippen LogP) is 1.53. The Kier molecular flexibility index (Phi) is 4.70. The molecule has 1 aromatic heterocycles. The largest absolute Gasteiger partial charge is 0.443 e. The molecule has 1 heterocycles. The van der Waals surface area contributed by atoms with Gasteiger partial charge in [0.15, 0.2) is 9.84 Å². The summed E-state index contributed by atoms with van der Waals surface area (Å²) in [6.45, 7) is 7.22. The van der Waals surface area contributed by atoms with Crippen molar-refractivity contribution in [2.24, 2.45) is 5.92 Å². The van der Waals surface area contributed by atoms with Crippen LogP contribution in [0.1, 0.15) is 37.7 Å². The Hall–Kier alpha value is -0.880. The fourth-order valence-corrected chi connectivity index (χ4v) is 1.80. The van der Waals surface area contributed by atoms with Gasteiger partial charge in [-0.2, -0.15) is 0 Å². The van der Waals surface area contributed by atoms with Crippen LogP contribution in [0, 0.1) is 5.92 Å². The first-order chi connectivity index (χ1) is 7.80. The lowest BCUT2D eigenvalue weighted by Crippen LogP contribution is -2.19. The molecular weight excluding hydrogens is 240 g/mol. The molecule has 0 amide bonds. The molecule has 6 heteroatoms. The number of sulfone groups is 1. The minimum absolute atomic E-state index is 0.397. The van der Waals surface area contributed by atoms with Gasteiger partial charge < -0.3 is 9.73 Å². The highest BCUT2D eigenvalue weighted by Crippen LogP contribution is 2.21. The van der Waals surface area contributed by atoms with E-state index < -0.39 is 15.1 Å². The molecule has 0 radical (unpaired) electrons. The van der Waals surface area contributed by atoms with Crippen molar-refractivity contribution in [3.05, 3.63) is 17.8 Å². The number of hydrogen-bond donors (Lipinski definition) is 1. The number of hydrogen-bond acceptors (Lipinski definition) is 5. The molecule has 0 aliphatic carbocycles. The summed E-state index contributed by atoms with van der Waals surface area (Å²) in [5.74, 6) is 1.48. The molecule has 0 saturated heterocycles. The van der Waals surface area contributed by atoms with Crippen LogP contribution in [0.25, 0.3) is 0 Å². The third-order valence-electron chi connectivity index (χ3n) is 2.44. The van der Waals surface area contributed by atoms with Crippen molar-refractivity contribution in [3.63, 3.8) is 0 Å². The molecule has 1 N–H and O–H groups in total. The normalized spacial score (nSPS) is 14.2. The fraction of sp³-hybridized carbons (Fsp3) is 0.727. The van der Waals surface area contributed by atoms with Gasteiger partial charge >= 0.3 is 0 Å². The second-order valence-electron chi connectivity index (χ2n) is 4.65. The lowest BCUT2D eigenvalue weighted by Gasteiger charge is -2.05. The van der Waals surface area contributed by atoms with E-state index >= 15 is 0 Å². The van der Waals surface area contributed by atoms with Crippen LogP contribution in [0.4, 0.5) is 0 Å². The van der Waals surface area contributed by atoms with Crippen LogP contribution in [0.3, 0.4) is 0 Å². The zero-order valence-corrected chi connectivity index (χ0v) is 11.5. The number of rotatable bonds is 6. The van der Waals surface area contributed by atoms with Crippen molar-refractivity contribution in [1.29, 1.82) is 0 Å². The summed E-state index contributed by atoms with van der Waals surface area (Å²) in [6, 6.07) is 0. The van der Waals surface area contributed by atoms with Crippen molar-refractivity contribution in [1.82, 2.24) is 10.3 Å². The lowest BCUT2D eigenvalue weighted by atomic mass is 10.2. The number of aromatic nitrogens is 1. The van der Waals surface area contributed by atoms with Crippen LogP contribution < -0.4 is 5.32 Å². The molecule has 1 rings (SSSR count). The Labute approximate surface area is 103 Å². The van der Waals surface area contributed by atoms with Gasteiger partial charge in [0.05, 0.1) is 12.7 Å². The SMILES string of the molecule is CC(C)CNCc1ncc(C(C)S(C)(=O)=O)o1. The Bertz CT molecular complexity index is 451. The highest BCUT2D eigenvalue weighted by molar-refractivity contribution is 7.90. The second kappa shape index (κ2) is 5.64. The summed E-state index contributed by atoms with van der Waals surface area (Å²) in [4.78, 5) is 4.05. The zero-order chi connectivity index (χ0) is 13.1. The molecule has 0 fully saturated rings. The van der Waals surface area contributed by atoms with Crippen LogP contribution in [0.15, 0.2) is 10.6 Å². The minimum Gasteiger partial charge on any atom is -0.443 e. The predicted molar refractivity (Wildman–Crippen MR) is 66.3 cm³/mol. The third-order valence-corrected chi connectivity index (χ3v) is 3.96. The summed E-state index contributed by atoms with van der Waals surface area (Å²) >= 11 is 0. The standard InChI is InChI=1S/C11H20N2O3S/c1-8(2)5-12-7-11-13-6-10(16-11)9(3)17(4,14)15/h6,8-9,12H,5,7H2,1-4H3. The van der Waals surface area contributed by atoms with Crippen molar-refractivity contribution < 1.29 is 12.8 Å².